The monoisotopic (exact) mass is 395 g/mol. The molecule has 7 heteroatoms. The zero-order chi connectivity index (χ0) is 17.8. The van der Waals surface area contributed by atoms with Crippen LogP contribution in [0.3, 0.4) is 0 Å². The van der Waals surface area contributed by atoms with E-state index in [1.165, 1.54) is 11.8 Å². The molecule has 1 saturated carbocycles. The summed E-state index contributed by atoms with van der Waals surface area (Å²) in [6.45, 7) is 4.36. The molecule has 0 radical (unpaired) electrons. The van der Waals surface area contributed by atoms with Crippen molar-refractivity contribution in [1.29, 1.82) is 0 Å². The lowest BCUT2D eigenvalue weighted by Gasteiger charge is -2.13. The van der Waals surface area contributed by atoms with E-state index in [0.717, 1.165) is 36.4 Å². The number of rotatable bonds is 5. The fourth-order valence-corrected chi connectivity index (χ4v) is 4.58. The molecule has 1 aromatic heterocycles. The van der Waals surface area contributed by atoms with Crippen molar-refractivity contribution in [3.63, 3.8) is 0 Å². The van der Waals surface area contributed by atoms with Crippen LogP contribution in [0.15, 0.2) is 36.0 Å². The Morgan fingerprint density at radius 2 is 2.12 bits per heavy atom. The van der Waals surface area contributed by atoms with Crippen LogP contribution in [-0.4, -0.2) is 25.8 Å². The first-order chi connectivity index (χ1) is 12.1. The van der Waals surface area contributed by atoms with Crippen LogP contribution in [0.4, 0.5) is 0 Å². The Kier molecular flexibility index (Phi) is 6.20. The van der Waals surface area contributed by atoms with Crippen LogP contribution in [0.25, 0.3) is 11.4 Å². The molecule has 1 atom stereocenters. The van der Waals surface area contributed by atoms with Crippen molar-refractivity contribution in [2.45, 2.75) is 49.1 Å². The Hall–Kier alpha value is -1.30. The maximum Gasteiger partial charge on any atom is 0.192 e. The fraction of sp³-hybridized carbons (Fsp3) is 0.389. The largest absolute Gasteiger partial charge is 0.298 e. The van der Waals surface area contributed by atoms with Gasteiger partial charge in [0, 0.05) is 23.6 Å². The van der Waals surface area contributed by atoms with Gasteiger partial charge in [-0.15, -0.1) is 16.8 Å². The van der Waals surface area contributed by atoms with Crippen molar-refractivity contribution in [2.75, 3.05) is 0 Å². The van der Waals surface area contributed by atoms with Crippen molar-refractivity contribution < 1.29 is 4.79 Å². The predicted octanol–water partition coefficient (Wildman–Crippen LogP) is 5.43. The zero-order valence-electron chi connectivity index (χ0n) is 13.8. The standard InChI is InChI=1S/C18H19Cl2N3OS/c1-2-10-23-17(13-9-8-12(19)11-14(13)20)21-22-18(23)25-16-7-5-3-4-6-15(16)24/h2,8-9,11,16H,1,3-7,10H2. The number of halogens is 2. The third-order valence-electron chi connectivity index (χ3n) is 4.20. The topological polar surface area (TPSA) is 47.8 Å². The summed E-state index contributed by atoms with van der Waals surface area (Å²) in [4.78, 5) is 12.3. The van der Waals surface area contributed by atoms with Gasteiger partial charge in [0.2, 0.25) is 0 Å². The summed E-state index contributed by atoms with van der Waals surface area (Å²) in [5, 5.41) is 10.4. The Morgan fingerprint density at radius 1 is 1.28 bits per heavy atom. The lowest BCUT2D eigenvalue weighted by molar-refractivity contribution is -0.118. The molecular formula is C18H19Cl2N3OS. The van der Waals surface area contributed by atoms with Crippen LogP contribution >= 0.6 is 35.0 Å². The molecule has 4 nitrogen and oxygen atoms in total. The van der Waals surface area contributed by atoms with Gasteiger partial charge in [0.15, 0.2) is 11.0 Å². The molecule has 1 aromatic carbocycles. The molecule has 1 unspecified atom stereocenters. The Labute approximate surface area is 161 Å². The van der Waals surface area contributed by atoms with Gasteiger partial charge in [-0.1, -0.05) is 53.9 Å². The molecule has 0 saturated heterocycles. The summed E-state index contributed by atoms with van der Waals surface area (Å²) in [7, 11) is 0. The van der Waals surface area contributed by atoms with E-state index in [2.05, 4.69) is 16.8 Å². The molecule has 132 valence electrons. The highest BCUT2D eigenvalue weighted by Gasteiger charge is 2.25. The first-order valence-corrected chi connectivity index (χ1v) is 9.92. The minimum atomic E-state index is -0.0520. The molecule has 0 spiro atoms. The number of Topliss-reactive ketones (excluding diaryl/α,β-unsaturated/α-hetero) is 1. The number of hydrogen-bond acceptors (Lipinski definition) is 4. The number of carbonyl (C=O) groups is 1. The minimum Gasteiger partial charge on any atom is -0.298 e. The average molecular weight is 396 g/mol. The maximum atomic E-state index is 12.3. The highest BCUT2D eigenvalue weighted by atomic mass is 35.5. The van der Waals surface area contributed by atoms with E-state index in [1.807, 2.05) is 10.6 Å². The molecule has 2 aromatic rings. The molecular weight excluding hydrogens is 377 g/mol. The van der Waals surface area contributed by atoms with Crippen LogP contribution < -0.4 is 0 Å². The van der Waals surface area contributed by atoms with Gasteiger partial charge in [-0.25, -0.2) is 0 Å². The molecule has 1 heterocycles. The third-order valence-corrected chi connectivity index (χ3v) is 6.04. The summed E-state index contributed by atoms with van der Waals surface area (Å²) >= 11 is 13.8. The summed E-state index contributed by atoms with van der Waals surface area (Å²) < 4.78 is 1.95. The van der Waals surface area contributed by atoms with Crippen molar-refractivity contribution in [2.24, 2.45) is 0 Å². The van der Waals surface area contributed by atoms with Gasteiger partial charge in [0.25, 0.3) is 0 Å². The number of aromatic nitrogens is 3. The summed E-state index contributed by atoms with van der Waals surface area (Å²) in [6, 6.07) is 5.30. The normalized spacial score (nSPS) is 18.2. The van der Waals surface area contributed by atoms with Gasteiger partial charge in [0.1, 0.15) is 5.78 Å². The second kappa shape index (κ2) is 8.39. The smallest absolute Gasteiger partial charge is 0.192 e. The van der Waals surface area contributed by atoms with Gasteiger partial charge in [0.05, 0.1) is 10.3 Å². The molecule has 1 aliphatic rings. The number of hydrogen-bond donors (Lipinski definition) is 0. The van der Waals surface area contributed by atoms with E-state index in [-0.39, 0.29) is 5.25 Å². The first kappa shape index (κ1) is 18.5. The van der Waals surface area contributed by atoms with E-state index in [0.29, 0.717) is 34.6 Å². The Morgan fingerprint density at radius 3 is 2.88 bits per heavy atom. The van der Waals surface area contributed by atoms with E-state index in [1.54, 1.807) is 18.2 Å². The van der Waals surface area contributed by atoms with Crippen LogP contribution in [-0.2, 0) is 11.3 Å². The quantitative estimate of drug-likeness (QED) is 0.499. The second-order valence-electron chi connectivity index (χ2n) is 6.00. The highest BCUT2D eigenvalue weighted by Crippen LogP contribution is 2.34. The third kappa shape index (κ3) is 4.27. The summed E-state index contributed by atoms with van der Waals surface area (Å²) in [6.07, 6.45) is 6.52. The first-order valence-electron chi connectivity index (χ1n) is 8.29. The number of ketones is 1. The van der Waals surface area contributed by atoms with Gasteiger partial charge in [-0.3, -0.25) is 9.36 Å². The second-order valence-corrected chi connectivity index (χ2v) is 8.02. The molecule has 1 fully saturated rings. The Balaban J connectivity index is 1.94. The average Bonchev–Trinajstić information content (AvgIpc) is 2.84. The number of nitrogens with zero attached hydrogens (tertiary/aromatic N) is 3. The lowest BCUT2D eigenvalue weighted by atomic mass is 10.2. The number of carbonyl (C=O) groups excluding carboxylic acids is 1. The van der Waals surface area contributed by atoms with Gasteiger partial charge in [-0.05, 0) is 31.0 Å². The number of thioether (sulfide) groups is 1. The van der Waals surface area contributed by atoms with Crippen molar-refractivity contribution in [3.8, 4) is 11.4 Å². The molecule has 0 bridgehead atoms. The molecule has 0 N–H and O–H groups in total. The Bertz CT molecular complexity index is 791. The fourth-order valence-electron chi connectivity index (χ4n) is 2.92. The zero-order valence-corrected chi connectivity index (χ0v) is 16.1. The van der Waals surface area contributed by atoms with Crippen LogP contribution in [0.1, 0.15) is 32.1 Å². The number of benzene rings is 1. The van der Waals surface area contributed by atoms with E-state index in [4.69, 9.17) is 23.2 Å². The molecule has 1 aliphatic carbocycles. The van der Waals surface area contributed by atoms with E-state index >= 15 is 0 Å². The van der Waals surface area contributed by atoms with Gasteiger partial charge in [-0.2, -0.15) is 0 Å². The van der Waals surface area contributed by atoms with Crippen molar-refractivity contribution >= 4 is 40.7 Å². The van der Waals surface area contributed by atoms with Gasteiger partial charge >= 0.3 is 0 Å². The van der Waals surface area contributed by atoms with Crippen molar-refractivity contribution in [3.05, 3.63) is 40.9 Å². The SMILES string of the molecule is C=CCn1c(SC2CCCCCC2=O)nnc1-c1ccc(Cl)cc1Cl. The van der Waals surface area contributed by atoms with Crippen LogP contribution in [0.5, 0.6) is 0 Å². The molecule has 0 amide bonds. The number of allylic oxidation sites excluding steroid dienone is 1. The summed E-state index contributed by atoms with van der Waals surface area (Å²) in [5.74, 6) is 0.965. The van der Waals surface area contributed by atoms with E-state index in [9.17, 15) is 4.79 Å². The predicted molar refractivity (Wildman–Crippen MR) is 103 cm³/mol. The molecule has 3 rings (SSSR count). The molecule has 0 aliphatic heterocycles. The minimum absolute atomic E-state index is 0.0520. The van der Waals surface area contributed by atoms with Crippen LogP contribution in [0, 0.1) is 0 Å². The van der Waals surface area contributed by atoms with Crippen LogP contribution in [0.2, 0.25) is 10.0 Å². The highest BCUT2D eigenvalue weighted by molar-refractivity contribution is 8.00. The van der Waals surface area contributed by atoms with Gasteiger partial charge < -0.3 is 0 Å². The van der Waals surface area contributed by atoms with Crippen molar-refractivity contribution in [1.82, 2.24) is 14.8 Å². The maximum absolute atomic E-state index is 12.3. The van der Waals surface area contributed by atoms with E-state index < -0.39 is 0 Å². The molecule has 25 heavy (non-hydrogen) atoms. The lowest BCUT2D eigenvalue weighted by Crippen LogP contribution is -2.16. The summed E-state index contributed by atoms with van der Waals surface area (Å²) in [5.41, 5.74) is 0.763.